The highest BCUT2D eigenvalue weighted by Gasteiger charge is 2.29. The topological polar surface area (TPSA) is 75.3 Å². The first-order valence-electron chi connectivity index (χ1n) is 8.59. The van der Waals surface area contributed by atoms with E-state index < -0.39 is 27.7 Å². The third-order valence-electron chi connectivity index (χ3n) is 4.13. The van der Waals surface area contributed by atoms with Crippen LogP contribution in [0.4, 0.5) is 13.2 Å². The zero-order chi connectivity index (χ0) is 20.9. The monoisotopic (exact) mass is 414 g/mol. The number of hydrogen-bond donors (Lipinski definition) is 2. The van der Waals surface area contributed by atoms with Crippen molar-refractivity contribution in [3.8, 4) is 0 Å². The van der Waals surface area contributed by atoms with E-state index in [-0.39, 0.29) is 23.0 Å². The van der Waals surface area contributed by atoms with Gasteiger partial charge in [-0.05, 0) is 55.3 Å². The van der Waals surface area contributed by atoms with Crippen LogP contribution in [0.3, 0.4) is 0 Å². The second-order valence-electron chi connectivity index (χ2n) is 6.33. The van der Waals surface area contributed by atoms with Crippen molar-refractivity contribution >= 4 is 15.9 Å². The Bertz CT molecular complexity index is 909. The molecule has 0 aliphatic heterocycles. The van der Waals surface area contributed by atoms with Crippen LogP contribution in [0.1, 0.15) is 41.8 Å². The Balaban J connectivity index is 2.00. The highest BCUT2D eigenvalue weighted by Crippen LogP contribution is 2.29. The summed E-state index contributed by atoms with van der Waals surface area (Å²) >= 11 is 0. The van der Waals surface area contributed by atoms with Gasteiger partial charge in [0.15, 0.2) is 0 Å². The number of alkyl halides is 3. The standard InChI is InChI=1S/C19H21F3N2O3S/c1-3-13(2)24-28(26,27)17-10-6-15(7-11-17)18(25)23-12-14-4-8-16(9-5-14)19(20,21)22/h4-11,13,24H,3,12H2,1-2H3,(H,23,25). The second kappa shape index (κ2) is 8.74. The van der Waals surface area contributed by atoms with Crippen molar-refractivity contribution in [2.24, 2.45) is 0 Å². The van der Waals surface area contributed by atoms with E-state index in [9.17, 15) is 26.4 Å². The number of sulfonamides is 1. The Kier molecular flexibility index (Phi) is 6.84. The first-order valence-corrected chi connectivity index (χ1v) is 10.1. The summed E-state index contributed by atoms with van der Waals surface area (Å²) in [6, 6.07) is 9.70. The van der Waals surface area contributed by atoms with Crippen LogP contribution in [0.5, 0.6) is 0 Å². The minimum absolute atomic E-state index is 0.0482. The van der Waals surface area contributed by atoms with Gasteiger partial charge in [-0.25, -0.2) is 13.1 Å². The average molecular weight is 414 g/mol. The van der Waals surface area contributed by atoms with E-state index in [0.717, 1.165) is 12.1 Å². The fourth-order valence-corrected chi connectivity index (χ4v) is 3.62. The molecular weight excluding hydrogens is 393 g/mol. The molecule has 0 fully saturated rings. The molecule has 0 aliphatic rings. The van der Waals surface area contributed by atoms with E-state index in [1.54, 1.807) is 6.92 Å². The van der Waals surface area contributed by atoms with Crippen molar-refractivity contribution in [2.45, 2.75) is 43.9 Å². The number of rotatable bonds is 7. The Morgan fingerprint density at radius 3 is 2.11 bits per heavy atom. The molecule has 0 bridgehead atoms. The van der Waals surface area contributed by atoms with Gasteiger partial charge in [0.1, 0.15) is 0 Å². The molecule has 152 valence electrons. The quantitative estimate of drug-likeness (QED) is 0.725. The van der Waals surface area contributed by atoms with Gasteiger partial charge in [-0.15, -0.1) is 0 Å². The number of amides is 1. The molecule has 0 saturated heterocycles. The maximum absolute atomic E-state index is 12.5. The maximum Gasteiger partial charge on any atom is 0.416 e. The minimum atomic E-state index is -4.41. The van der Waals surface area contributed by atoms with E-state index in [4.69, 9.17) is 0 Å². The van der Waals surface area contributed by atoms with Gasteiger partial charge in [-0.2, -0.15) is 13.2 Å². The molecule has 2 rings (SSSR count). The molecule has 1 amide bonds. The second-order valence-corrected chi connectivity index (χ2v) is 8.05. The summed E-state index contributed by atoms with van der Waals surface area (Å²) < 4.78 is 64.6. The van der Waals surface area contributed by atoms with E-state index in [2.05, 4.69) is 10.0 Å². The van der Waals surface area contributed by atoms with Crippen LogP contribution in [-0.2, 0) is 22.7 Å². The Hall–Kier alpha value is -2.39. The van der Waals surface area contributed by atoms with Gasteiger partial charge < -0.3 is 5.32 Å². The molecule has 0 radical (unpaired) electrons. The van der Waals surface area contributed by atoms with Crippen LogP contribution in [0.25, 0.3) is 0 Å². The Morgan fingerprint density at radius 1 is 1.04 bits per heavy atom. The first-order chi connectivity index (χ1) is 13.0. The lowest BCUT2D eigenvalue weighted by atomic mass is 10.1. The molecule has 28 heavy (non-hydrogen) atoms. The minimum Gasteiger partial charge on any atom is -0.348 e. The molecular formula is C19H21F3N2O3S. The van der Waals surface area contributed by atoms with Gasteiger partial charge in [-0.3, -0.25) is 4.79 Å². The van der Waals surface area contributed by atoms with Crippen LogP contribution in [0.2, 0.25) is 0 Å². The van der Waals surface area contributed by atoms with Crippen molar-refractivity contribution < 1.29 is 26.4 Å². The summed E-state index contributed by atoms with van der Waals surface area (Å²) in [5.74, 6) is -0.460. The summed E-state index contributed by atoms with van der Waals surface area (Å²) in [6.45, 7) is 3.66. The number of benzene rings is 2. The number of carbonyl (C=O) groups is 1. The number of hydrogen-bond acceptors (Lipinski definition) is 3. The zero-order valence-corrected chi connectivity index (χ0v) is 16.2. The zero-order valence-electron chi connectivity index (χ0n) is 15.4. The number of halogens is 3. The van der Waals surface area contributed by atoms with Crippen molar-refractivity contribution in [1.82, 2.24) is 10.0 Å². The highest BCUT2D eigenvalue weighted by atomic mass is 32.2. The fourth-order valence-electron chi connectivity index (χ4n) is 2.30. The predicted octanol–water partition coefficient (Wildman–Crippen LogP) is 3.71. The molecule has 2 aromatic rings. The highest BCUT2D eigenvalue weighted by molar-refractivity contribution is 7.89. The van der Waals surface area contributed by atoms with E-state index in [1.807, 2.05) is 6.92 Å². The summed E-state index contributed by atoms with van der Waals surface area (Å²) in [4.78, 5) is 12.2. The molecule has 1 unspecified atom stereocenters. The van der Waals surface area contributed by atoms with Gasteiger partial charge in [0.25, 0.3) is 5.91 Å². The lowest BCUT2D eigenvalue weighted by molar-refractivity contribution is -0.137. The van der Waals surface area contributed by atoms with E-state index in [1.165, 1.54) is 36.4 Å². The summed E-state index contributed by atoms with van der Waals surface area (Å²) in [7, 11) is -3.66. The molecule has 2 N–H and O–H groups in total. The van der Waals surface area contributed by atoms with Crippen LogP contribution >= 0.6 is 0 Å². The van der Waals surface area contributed by atoms with Crippen molar-refractivity contribution in [2.75, 3.05) is 0 Å². The predicted molar refractivity (Wildman–Crippen MR) is 99.1 cm³/mol. The smallest absolute Gasteiger partial charge is 0.348 e. The van der Waals surface area contributed by atoms with Crippen molar-refractivity contribution in [3.63, 3.8) is 0 Å². The van der Waals surface area contributed by atoms with Crippen LogP contribution < -0.4 is 10.0 Å². The molecule has 2 aromatic carbocycles. The number of carbonyl (C=O) groups excluding carboxylic acids is 1. The molecule has 0 aliphatic carbocycles. The third kappa shape index (κ3) is 5.80. The number of nitrogens with one attached hydrogen (secondary N) is 2. The molecule has 0 spiro atoms. The average Bonchev–Trinajstić information content (AvgIpc) is 2.65. The molecule has 5 nitrogen and oxygen atoms in total. The third-order valence-corrected chi connectivity index (χ3v) is 5.74. The SMILES string of the molecule is CCC(C)NS(=O)(=O)c1ccc(C(=O)NCc2ccc(C(F)(F)F)cc2)cc1. The molecule has 9 heteroatoms. The lowest BCUT2D eigenvalue weighted by Crippen LogP contribution is -2.32. The molecule has 0 saturated carbocycles. The van der Waals surface area contributed by atoms with Crippen LogP contribution in [0.15, 0.2) is 53.4 Å². The largest absolute Gasteiger partial charge is 0.416 e. The van der Waals surface area contributed by atoms with Gasteiger partial charge >= 0.3 is 6.18 Å². The maximum atomic E-state index is 12.5. The van der Waals surface area contributed by atoms with Crippen LogP contribution in [-0.4, -0.2) is 20.4 Å². The van der Waals surface area contributed by atoms with E-state index >= 15 is 0 Å². The first kappa shape index (κ1) is 21.9. The Labute approximate surface area is 162 Å². The van der Waals surface area contributed by atoms with Gasteiger partial charge in [-0.1, -0.05) is 19.1 Å². The van der Waals surface area contributed by atoms with E-state index in [0.29, 0.717) is 12.0 Å². The fraction of sp³-hybridized carbons (Fsp3) is 0.316. The summed E-state index contributed by atoms with van der Waals surface area (Å²) in [5, 5.41) is 2.59. The molecule has 1 atom stereocenters. The van der Waals surface area contributed by atoms with Gasteiger partial charge in [0.2, 0.25) is 10.0 Å². The van der Waals surface area contributed by atoms with Gasteiger partial charge in [0.05, 0.1) is 10.5 Å². The van der Waals surface area contributed by atoms with Crippen LogP contribution in [0, 0.1) is 0 Å². The Morgan fingerprint density at radius 2 is 1.61 bits per heavy atom. The van der Waals surface area contributed by atoms with Crippen molar-refractivity contribution in [1.29, 1.82) is 0 Å². The normalized spacial score (nSPS) is 13.2. The summed E-state index contributed by atoms with van der Waals surface area (Å²) in [6.07, 6.45) is -3.77. The summed E-state index contributed by atoms with van der Waals surface area (Å²) in [5.41, 5.74) is -0.00178. The molecule has 0 heterocycles. The van der Waals surface area contributed by atoms with Crippen molar-refractivity contribution in [3.05, 3.63) is 65.2 Å². The van der Waals surface area contributed by atoms with Gasteiger partial charge in [0, 0.05) is 18.2 Å². The molecule has 0 aromatic heterocycles. The lowest BCUT2D eigenvalue weighted by Gasteiger charge is -2.12.